The third-order valence-electron chi connectivity index (χ3n) is 4.14. The number of rotatable bonds is 5. The van der Waals surface area contributed by atoms with E-state index in [0.717, 1.165) is 16.5 Å². The van der Waals surface area contributed by atoms with Gasteiger partial charge in [0.2, 0.25) is 0 Å². The van der Waals surface area contributed by atoms with Crippen LogP contribution in [0.15, 0.2) is 73.2 Å². The Balaban J connectivity index is 1.59. The summed E-state index contributed by atoms with van der Waals surface area (Å²) in [6, 6.07) is 17.2. The lowest BCUT2D eigenvalue weighted by molar-refractivity contribution is 0.0931. The Morgan fingerprint density at radius 1 is 1.08 bits per heavy atom. The van der Waals surface area contributed by atoms with Crippen molar-refractivity contribution in [1.82, 2.24) is 25.3 Å². The van der Waals surface area contributed by atoms with Crippen molar-refractivity contribution in [1.29, 1.82) is 0 Å². The van der Waals surface area contributed by atoms with E-state index < -0.39 is 0 Å². The molecule has 0 fully saturated rings. The molecule has 25 heavy (non-hydrogen) atoms. The van der Waals surface area contributed by atoms with Crippen LogP contribution in [0.25, 0.3) is 10.9 Å². The van der Waals surface area contributed by atoms with Gasteiger partial charge in [0.05, 0.1) is 25.0 Å². The largest absolute Gasteiger partial charge is 0.361 e. The van der Waals surface area contributed by atoms with Crippen LogP contribution in [0.1, 0.15) is 22.0 Å². The predicted molar refractivity (Wildman–Crippen MR) is 95.0 cm³/mol. The SMILES string of the molecule is O=C(NC(Cn1nccn1)c1ccccc1)c1ccc2cc[nH]c2c1. The van der Waals surface area contributed by atoms with E-state index in [1.54, 1.807) is 17.2 Å². The molecule has 0 bridgehead atoms. The van der Waals surface area contributed by atoms with Crippen molar-refractivity contribution in [2.45, 2.75) is 12.6 Å². The Kier molecular flexibility index (Phi) is 4.00. The van der Waals surface area contributed by atoms with Crippen LogP contribution in [0, 0.1) is 0 Å². The number of hydrogen-bond donors (Lipinski definition) is 2. The average molecular weight is 331 g/mol. The lowest BCUT2D eigenvalue weighted by atomic mass is 10.1. The van der Waals surface area contributed by atoms with Crippen molar-refractivity contribution < 1.29 is 4.79 Å². The molecule has 1 unspecified atom stereocenters. The number of fused-ring (bicyclic) bond motifs is 1. The molecule has 2 N–H and O–H groups in total. The van der Waals surface area contributed by atoms with Crippen molar-refractivity contribution in [3.05, 3.63) is 84.3 Å². The minimum Gasteiger partial charge on any atom is -0.361 e. The zero-order valence-corrected chi connectivity index (χ0v) is 13.5. The first kappa shape index (κ1) is 15.1. The number of benzene rings is 2. The number of carbonyl (C=O) groups excluding carboxylic acids is 1. The highest BCUT2D eigenvalue weighted by Gasteiger charge is 2.17. The lowest BCUT2D eigenvalue weighted by Crippen LogP contribution is -2.32. The molecule has 4 aromatic rings. The Hall–Kier alpha value is -3.41. The van der Waals surface area contributed by atoms with Crippen molar-refractivity contribution in [3.8, 4) is 0 Å². The Morgan fingerprint density at radius 2 is 1.88 bits per heavy atom. The van der Waals surface area contributed by atoms with Crippen molar-refractivity contribution >= 4 is 16.8 Å². The molecule has 6 heteroatoms. The minimum absolute atomic E-state index is 0.127. The second-order valence-corrected chi connectivity index (χ2v) is 5.80. The summed E-state index contributed by atoms with van der Waals surface area (Å²) >= 11 is 0. The van der Waals surface area contributed by atoms with Crippen LogP contribution in [0.2, 0.25) is 0 Å². The fraction of sp³-hybridized carbons (Fsp3) is 0.105. The van der Waals surface area contributed by atoms with E-state index in [1.165, 1.54) is 0 Å². The topological polar surface area (TPSA) is 75.6 Å². The lowest BCUT2D eigenvalue weighted by Gasteiger charge is -2.19. The maximum Gasteiger partial charge on any atom is 0.251 e. The Bertz CT molecular complexity index is 975. The number of nitrogens with one attached hydrogen (secondary N) is 2. The average Bonchev–Trinajstić information content (AvgIpc) is 3.32. The molecule has 2 aromatic heterocycles. The molecule has 6 nitrogen and oxygen atoms in total. The van der Waals surface area contributed by atoms with E-state index >= 15 is 0 Å². The molecule has 2 heterocycles. The highest BCUT2D eigenvalue weighted by Crippen LogP contribution is 2.18. The third-order valence-corrected chi connectivity index (χ3v) is 4.14. The zero-order valence-electron chi connectivity index (χ0n) is 13.5. The van der Waals surface area contributed by atoms with Gasteiger partial charge < -0.3 is 10.3 Å². The highest BCUT2D eigenvalue weighted by atomic mass is 16.1. The van der Waals surface area contributed by atoms with Crippen LogP contribution in [0.4, 0.5) is 0 Å². The fourth-order valence-corrected chi connectivity index (χ4v) is 2.85. The predicted octanol–water partition coefficient (Wildman–Crippen LogP) is 2.93. The van der Waals surface area contributed by atoms with Gasteiger partial charge in [0, 0.05) is 17.3 Å². The zero-order chi connectivity index (χ0) is 17.1. The van der Waals surface area contributed by atoms with Crippen LogP contribution < -0.4 is 5.32 Å². The van der Waals surface area contributed by atoms with E-state index in [4.69, 9.17) is 0 Å². The van der Waals surface area contributed by atoms with Crippen molar-refractivity contribution in [2.75, 3.05) is 0 Å². The first-order valence-corrected chi connectivity index (χ1v) is 8.07. The monoisotopic (exact) mass is 331 g/mol. The van der Waals surface area contributed by atoms with Gasteiger partial charge in [0.15, 0.2) is 0 Å². The van der Waals surface area contributed by atoms with Crippen LogP contribution in [0.5, 0.6) is 0 Å². The Labute approximate surface area is 144 Å². The van der Waals surface area contributed by atoms with Gasteiger partial charge in [-0.3, -0.25) is 4.79 Å². The molecule has 2 aromatic carbocycles. The van der Waals surface area contributed by atoms with Crippen LogP contribution in [-0.2, 0) is 6.54 Å². The molecule has 0 aliphatic carbocycles. The molecule has 4 rings (SSSR count). The maximum atomic E-state index is 12.7. The van der Waals surface area contributed by atoms with Crippen molar-refractivity contribution in [2.24, 2.45) is 0 Å². The van der Waals surface area contributed by atoms with Gasteiger partial charge in [0.1, 0.15) is 0 Å². The Morgan fingerprint density at radius 3 is 2.68 bits per heavy atom. The molecule has 0 saturated carbocycles. The summed E-state index contributed by atoms with van der Waals surface area (Å²) in [6.07, 6.45) is 5.12. The number of carbonyl (C=O) groups is 1. The molecule has 0 spiro atoms. The molecular formula is C19H17N5O. The molecule has 1 amide bonds. The molecule has 0 aliphatic rings. The number of H-pyrrole nitrogens is 1. The van der Waals surface area contributed by atoms with E-state index in [-0.39, 0.29) is 11.9 Å². The fourth-order valence-electron chi connectivity index (χ4n) is 2.85. The van der Waals surface area contributed by atoms with Gasteiger partial charge in [-0.05, 0) is 29.1 Å². The van der Waals surface area contributed by atoms with Gasteiger partial charge in [-0.15, -0.1) is 0 Å². The van der Waals surface area contributed by atoms with Gasteiger partial charge >= 0.3 is 0 Å². The summed E-state index contributed by atoms with van der Waals surface area (Å²) in [5.41, 5.74) is 2.57. The summed E-state index contributed by atoms with van der Waals surface area (Å²) in [5.74, 6) is -0.127. The van der Waals surface area contributed by atoms with Crippen LogP contribution in [-0.4, -0.2) is 25.9 Å². The molecule has 0 radical (unpaired) electrons. The van der Waals surface area contributed by atoms with E-state index in [0.29, 0.717) is 12.1 Å². The summed E-state index contributed by atoms with van der Waals surface area (Å²) < 4.78 is 0. The second-order valence-electron chi connectivity index (χ2n) is 5.80. The first-order chi connectivity index (χ1) is 12.3. The number of hydrogen-bond acceptors (Lipinski definition) is 3. The van der Waals surface area contributed by atoms with Gasteiger partial charge in [0.25, 0.3) is 5.91 Å². The number of amides is 1. The minimum atomic E-state index is -0.222. The van der Waals surface area contributed by atoms with Gasteiger partial charge in [-0.1, -0.05) is 36.4 Å². The summed E-state index contributed by atoms with van der Waals surface area (Å²) in [7, 11) is 0. The maximum absolute atomic E-state index is 12.7. The number of aromatic nitrogens is 4. The highest BCUT2D eigenvalue weighted by molar-refractivity contribution is 5.98. The molecule has 0 aliphatic heterocycles. The third kappa shape index (κ3) is 3.28. The smallest absolute Gasteiger partial charge is 0.251 e. The van der Waals surface area contributed by atoms with E-state index in [2.05, 4.69) is 20.5 Å². The first-order valence-electron chi connectivity index (χ1n) is 8.07. The van der Waals surface area contributed by atoms with Gasteiger partial charge in [-0.25, -0.2) is 0 Å². The van der Waals surface area contributed by atoms with Crippen LogP contribution >= 0.6 is 0 Å². The van der Waals surface area contributed by atoms with Crippen molar-refractivity contribution in [3.63, 3.8) is 0 Å². The van der Waals surface area contributed by atoms with Crippen LogP contribution in [0.3, 0.4) is 0 Å². The molecule has 1 atom stereocenters. The number of aromatic amines is 1. The van der Waals surface area contributed by atoms with E-state index in [9.17, 15) is 4.79 Å². The molecular weight excluding hydrogens is 314 g/mol. The standard InChI is InChI=1S/C19H17N5O/c25-19(16-7-6-15-8-9-20-17(15)12-16)23-18(13-24-21-10-11-22-24)14-4-2-1-3-5-14/h1-12,18,20H,13H2,(H,23,25). The van der Waals surface area contributed by atoms with E-state index in [1.807, 2.05) is 60.8 Å². The number of nitrogens with zero attached hydrogens (tertiary/aromatic N) is 3. The summed E-state index contributed by atoms with van der Waals surface area (Å²) in [5, 5.41) is 12.5. The quantitative estimate of drug-likeness (QED) is 0.590. The molecule has 124 valence electrons. The summed E-state index contributed by atoms with van der Waals surface area (Å²) in [4.78, 5) is 17.5. The summed E-state index contributed by atoms with van der Waals surface area (Å²) in [6.45, 7) is 0.466. The molecule has 0 saturated heterocycles. The van der Waals surface area contributed by atoms with Gasteiger partial charge in [-0.2, -0.15) is 15.0 Å². The normalized spacial score (nSPS) is 12.2. The second kappa shape index (κ2) is 6.60.